The number of oxazole rings is 1. The van der Waals surface area contributed by atoms with Gasteiger partial charge >= 0.3 is 0 Å². The van der Waals surface area contributed by atoms with Crippen molar-refractivity contribution in [1.29, 1.82) is 0 Å². The zero-order valence-electron chi connectivity index (χ0n) is 26.1. The summed E-state index contributed by atoms with van der Waals surface area (Å²) >= 11 is 18.0. The molecule has 0 bridgehead atoms. The molecule has 3 fully saturated rings. The molecule has 0 radical (unpaired) electrons. The first-order valence-corrected chi connectivity index (χ1v) is 18.0. The highest BCUT2D eigenvalue weighted by atomic mass is 79.9. The van der Waals surface area contributed by atoms with Gasteiger partial charge in [-0.05, 0) is 60.5 Å². The van der Waals surface area contributed by atoms with Crippen LogP contribution in [0.5, 0.6) is 5.75 Å². The van der Waals surface area contributed by atoms with Crippen molar-refractivity contribution in [2.75, 3.05) is 10.4 Å². The molecule has 6 atom stereocenters. The SMILES string of the molecule is O=C1[C@H]2[C@H](CC=C3[C@H]2C[C@@]2(Cl)C(=O)N(CBr)C(=O)[C@@]2(Cl)[C@H]3c2ccc3ccccc3c2O)C(=O)N1c1ccc(-c2nc3ccccc3o2)cc1. The fraction of sp³-hybridized carbons (Fsp3) is 0.237. The number of phenolic OH excluding ortho intramolecular Hbond substituents is 1. The quantitative estimate of drug-likeness (QED) is 0.0884. The Bertz CT molecular complexity index is 2330. The van der Waals surface area contributed by atoms with Crippen LogP contribution in [0.1, 0.15) is 24.3 Å². The van der Waals surface area contributed by atoms with E-state index < -0.39 is 51.1 Å². The first kappa shape index (κ1) is 31.5. The van der Waals surface area contributed by atoms with Gasteiger partial charge in [-0.3, -0.25) is 29.0 Å². The number of benzene rings is 4. The highest BCUT2D eigenvalue weighted by Gasteiger charge is 2.76. The highest BCUT2D eigenvalue weighted by Crippen LogP contribution is 2.66. The van der Waals surface area contributed by atoms with Crippen molar-refractivity contribution in [3.05, 3.63) is 102 Å². The maximum absolute atomic E-state index is 14.5. The summed E-state index contributed by atoms with van der Waals surface area (Å²) in [6.45, 7) is 0. The molecule has 2 aliphatic heterocycles. The van der Waals surface area contributed by atoms with Crippen molar-refractivity contribution in [3.63, 3.8) is 0 Å². The lowest BCUT2D eigenvalue weighted by Crippen LogP contribution is -2.60. The molecular weight excluding hydrogens is 745 g/mol. The molecule has 4 amide bonds. The minimum atomic E-state index is -2.01. The number of para-hydroxylation sites is 2. The Balaban J connectivity index is 1.13. The van der Waals surface area contributed by atoms with Crippen LogP contribution in [0.3, 0.4) is 0 Å². The van der Waals surface area contributed by atoms with E-state index in [1.807, 2.05) is 48.5 Å². The molecule has 4 aliphatic rings. The molecule has 1 N–H and O–H groups in total. The zero-order valence-corrected chi connectivity index (χ0v) is 29.2. The third-order valence-corrected chi connectivity index (χ3v) is 12.8. The van der Waals surface area contributed by atoms with Crippen LogP contribution in [-0.4, -0.2) is 53.8 Å². The van der Waals surface area contributed by atoms with Crippen LogP contribution in [0.4, 0.5) is 5.69 Å². The molecule has 0 spiro atoms. The fourth-order valence-corrected chi connectivity index (χ4v) is 10.0. The lowest BCUT2D eigenvalue weighted by Gasteiger charge is -2.50. The predicted octanol–water partition coefficient (Wildman–Crippen LogP) is 7.27. The van der Waals surface area contributed by atoms with Gasteiger partial charge < -0.3 is 9.52 Å². The summed E-state index contributed by atoms with van der Waals surface area (Å²) in [5, 5.41) is 13.0. The van der Waals surface area contributed by atoms with Gasteiger partial charge in [-0.1, -0.05) is 76.1 Å². The van der Waals surface area contributed by atoms with Crippen molar-refractivity contribution < 1.29 is 28.7 Å². The largest absolute Gasteiger partial charge is 0.507 e. The average Bonchev–Trinajstić information content (AvgIpc) is 3.72. The number of likely N-dealkylation sites (tertiary alicyclic amines) is 1. The van der Waals surface area contributed by atoms with Gasteiger partial charge in [-0.15, -0.1) is 23.2 Å². The Kier molecular flexibility index (Phi) is 6.92. The summed E-state index contributed by atoms with van der Waals surface area (Å²) in [6.07, 6.45) is 1.91. The van der Waals surface area contributed by atoms with Crippen molar-refractivity contribution >= 4 is 90.3 Å². The number of aromatic nitrogens is 1. The lowest BCUT2D eigenvalue weighted by molar-refractivity contribution is -0.138. The summed E-state index contributed by atoms with van der Waals surface area (Å²) in [6, 6.07) is 25.0. The average molecular weight is 771 g/mol. The van der Waals surface area contributed by atoms with E-state index in [-0.39, 0.29) is 30.0 Å². The number of allylic oxidation sites excluding steroid dienone is 2. The van der Waals surface area contributed by atoms with E-state index in [0.717, 1.165) is 10.3 Å². The molecule has 1 aromatic heterocycles. The van der Waals surface area contributed by atoms with Crippen molar-refractivity contribution in [2.24, 2.45) is 17.8 Å². The molecule has 4 aromatic carbocycles. The number of aromatic hydroxyl groups is 1. The van der Waals surface area contributed by atoms with Crippen LogP contribution < -0.4 is 4.90 Å². The smallest absolute Gasteiger partial charge is 0.254 e. The molecule has 1 saturated carbocycles. The van der Waals surface area contributed by atoms with E-state index in [9.17, 15) is 24.3 Å². The van der Waals surface area contributed by atoms with Gasteiger partial charge in [0.2, 0.25) is 17.7 Å². The molecule has 9 rings (SSSR count). The number of anilines is 1. The van der Waals surface area contributed by atoms with Crippen LogP contribution in [0.25, 0.3) is 33.3 Å². The van der Waals surface area contributed by atoms with Crippen molar-refractivity contribution in [2.45, 2.75) is 28.5 Å². The van der Waals surface area contributed by atoms with E-state index >= 15 is 0 Å². The normalized spacial score (nSPS) is 29.1. The first-order valence-electron chi connectivity index (χ1n) is 16.1. The molecule has 2 saturated heterocycles. The van der Waals surface area contributed by atoms with E-state index in [1.54, 1.807) is 42.5 Å². The molecule has 0 unspecified atom stereocenters. The molecular formula is C38H26BrCl2N3O6. The fourth-order valence-electron chi connectivity index (χ4n) is 8.61. The van der Waals surface area contributed by atoms with Gasteiger partial charge in [-0.25, -0.2) is 4.98 Å². The van der Waals surface area contributed by atoms with Gasteiger partial charge in [0.05, 0.1) is 23.0 Å². The second kappa shape index (κ2) is 11.0. The first-order chi connectivity index (χ1) is 24.1. The number of phenols is 1. The number of carbonyl (C=O) groups excluding carboxylic acids is 4. The van der Waals surface area contributed by atoms with Crippen LogP contribution >= 0.6 is 39.1 Å². The maximum atomic E-state index is 14.5. The Hall–Kier alpha value is -4.51. The number of rotatable bonds is 4. The number of carbonyl (C=O) groups is 4. The van der Waals surface area contributed by atoms with Gasteiger partial charge in [0.1, 0.15) is 11.3 Å². The molecule has 50 heavy (non-hydrogen) atoms. The summed E-state index contributed by atoms with van der Waals surface area (Å²) < 4.78 is 5.90. The monoisotopic (exact) mass is 769 g/mol. The van der Waals surface area contributed by atoms with E-state index in [1.165, 1.54) is 4.90 Å². The number of fused-ring (bicyclic) bond motifs is 6. The predicted molar refractivity (Wildman–Crippen MR) is 191 cm³/mol. The number of hydrogen-bond donors (Lipinski definition) is 1. The summed E-state index contributed by atoms with van der Waals surface area (Å²) in [4.78, 5) is 59.3. The minimum Gasteiger partial charge on any atom is -0.507 e. The highest BCUT2D eigenvalue weighted by molar-refractivity contribution is 9.09. The summed E-state index contributed by atoms with van der Waals surface area (Å²) in [5.74, 6) is -5.24. The minimum absolute atomic E-state index is 0.0946. The van der Waals surface area contributed by atoms with Crippen LogP contribution in [0.15, 0.2) is 101 Å². The molecule has 12 heteroatoms. The molecule has 5 aromatic rings. The summed E-state index contributed by atoms with van der Waals surface area (Å²) in [7, 11) is 0. The Morgan fingerprint density at radius 1 is 0.880 bits per heavy atom. The number of halogens is 3. The Morgan fingerprint density at radius 2 is 1.62 bits per heavy atom. The molecule has 9 nitrogen and oxygen atoms in total. The number of alkyl halides is 3. The van der Waals surface area contributed by atoms with Gasteiger partial charge in [0, 0.05) is 22.4 Å². The number of hydrogen-bond acceptors (Lipinski definition) is 7. The molecule has 250 valence electrons. The van der Waals surface area contributed by atoms with E-state index in [4.69, 9.17) is 27.6 Å². The van der Waals surface area contributed by atoms with Crippen molar-refractivity contribution in [1.82, 2.24) is 9.88 Å². The Labute approximate surface area is 303 Å². The molecule has 3 heterocycles. The van der Waals surface area contributed by atoms with E-state index in [0.29, 0.717) is 44.8 Å². The third-order valence-electron chi connectivity index (χ3n) is 10.9. The van der Waals surface area contributed by atoms with Gasteiger partial charge in [0.15, 0.2) is 15.3 Å². The molecule has 2 aliphatic carbocycles. The van der Waals surface area contributed by atoms with Gasteiger partial charge in [-0.2, -0.15) is 0 Å². The van der Waals surface area contributed by atoms with Crippen LogP contribution in [0, 0.1) is 17.8 Å². The topological polar surface area (TPSA) is 121 Å². The zero-order chi connectivity index (χ0) is 34.7. The number of amides is 4. The third kappa shape index (κ3) is 4.04. The maximum Gasteiger partial charge on any atom is 0.254 e. The van der Waals surface area contributed by atoms with E-state index in [2.05, 4.69) is 20.9 Å². The lowest BCUT2D eigenvalue weighted by atomic mass is 9.56. The standard InChI is InChI=1S/C38H26BrCl2N3O6/c39-18-43-35(48)37(40)17-26-23(30(38(37,41)36(43)49)25-14-11-19-5-1-2-6-22(19)31(25)45)15-16-24-29(26)34(47)44(33(24)46)21-12-9-20(10-13-21)32-42-27-7-3-4-8-28(27)50-32/h1-15,24,26,29-30,45H,16-18H2/t24-,26+,29-,30+,37+,38-/m0/s1. The summed E-state index contributed by atoms with van der Waals surface area (Å²) in [5.41, 5.74) is 3.22. The Morgan fingerprint density at radius 3 is 2.38 bits per heavy atom. The van der Waals surface area contributed by atoms with Crippen molar-refractivity contribution in [3.8, 4) is 17.2 Å². The van der Waals surface area contributed by atoms with Crippen LogP contribution in [0.2, 0.25) is 0 Å². The van der Waals surface area contributed by atoms with Crippen LogP contribution in [-0.2, 0) is 19.2 Å². The van der Waals surface area contributed by atoms with Gasteiger partial charge in [0.25, 0.3) is 11.8 Å². The number of nitrogens with zero attached hydrogens (tertiary/aromatic N) is 3. The second-order valence-electron chi connectivity index (χ2n) is 13.3. The second-order valence-corrected chi connectivity index (χ2v) is 15.0. The number of imide groups is 2.